The van der Waals surface area contributed by atoms with Gasteiger partial charge in [-0.1, -0.05) is 19.4 Å². The summed E-state index contributed by atoms with van der Waals surface area (Å²) < 4.78 is 0. The van der Waals surface area contributed by atoms with E-state index >= 15 is 0 Å². The molecule has 1 rings (SSSR count). The van der Waals surface area contributed by atoms with E-state index in [-0.39, 0.29) is 5.91 Å². The fraction of sp³-hybridized carbons (Fsp3) is 0.385. The Balaban J connectivity index is 2.32. The van der Waals surface area contributed by atoms with Crippen molar-refractivity contribution in [1.29, 1.82) is 0 Å². The molecule has 17 heavy (non-hydrogen) atoms. The number of aromatic nitrogens is 1. The Morgan fingerprint density at radius 2 is 2.41 bits per heavy atom. The van der Waals surface area contributed by atoms with E-state index < -0.39 is 6.10 Å². The molecule has 1 heterocycles. The molecule has 0 aliphatic rings. The van der Waals surface area contributed by atoms with Crippen LogP contribution in [0.5, 0.6) is 0 Å². The SMILES string of the molecule is CCCC(O)CNC(=O)/C=C/c1ccccn1. The molecular weight excluding hydrogens is 216 g/mol. The van der Waals surface area contributed by atoms with Crippen LogP contribution in [0.25, 0.3) is 6.08 Å². The second-order valence-corrected chi connectivity index (χ2v) is 3.78. The second-order valence-electron chi connectivity index (χ2n) is 3.78. The van der Waals surface area contributed by atoms with Gasteiger partial charge in [0.1, 0.15) is 0 Å². The summed E-state index contributed by atoms with van der Waals surface area (Å²) in [6, 6.07) is 5.49. The minimum Gasteiger partial charge on any atom is -0.391 e. The predicted octanol–water partition coefficient (Wildman–Crippen LogP) is 1.37. The summed E-state index contributed by atoms with van der Waals surface area (Å²) in [5.74, 6) is -0.217. The molecular formula is C13H18N2O2. The van der Waals surface area contributed by atoms with Gasteiger partial charge in [0.05, 0.1) is 11.8 Å². The van der Waals surface area contributed by atoms with Crippen molar-refractivity contribution in [3.63, 3.8) is 0 Å². The van der Waals surface area contributed by atoms with Crippen LogP contribution in [0.1, 0.15) is 25.5 Å². The first-order valence-electron chi connectivity index (χ1n) is 5.77. The summed E-state index contributed by atoms with van der Waals surface area (Å²) >= 11 is 0. The molecule has 1 aromatic rings. The van der Waals surface area contributed by atoms with Crippen molar-refractivity contribution in [2.75, 3.05) is 6.54 Å². The number of rotatable bonds is 6. The highest BCUT2D eigenvalue weighted by atomic mass is 16.3. The molecule has 0 aliphatic heterocycles. The van der Waals surface area contributed by atoms with Crippen LogP contribution in [0, 0.1) is 0 Å². The summed E-state index contributed by atoms with van der Waals surface area (Å²) in [6.07, 6.45) is 5.86. The molecule has 1 aromatic heterocycles. The molecule has 0 saturated heterocycles. The van der Waals surface area contributed by atoms with Gasteiger partial charge in [0.25, 0.3) is 0 Å². The number of hydrogen-bond donors (Lipinski definition) is 2. The number of nitrogens with zero attached hydrogens (tertiary/aromatic N) is 1. The molecule has 1 unspecified atom stereocenters. The molecule has 0 saturated carbocycles. The number of aliphatic hydroxyl groups excluding tert-OH is 1. The lowest BCUT2D eigenvalue weighted by molar-refractivity contribution is -0.116. The molecule has 1 atom stereocenters. The summed E-state index contributed by atoms with van der Waals surface area (Å²) in [7, 11) is 0. The molecule has 0 spiro atoms. The largest absolute Gasteiger partial charge is 0.391 e. The van der Waals surface area contributed by atoms with Gasteiger partial charge in [0.2, 0.25) is 5.91 Å². The van der Waals surface area contributed by atoms with Crippen molar-refractivity contribution in [1.82, 2.24) is 10.3 Å². The van der Waals surface area contributed by atoms with Crippen LogP contribution in [0.3, 0.4) is 0 Å². The van der Waals surface area contributed by atoms with E-state index in [0.29, 0.717) is 13.0 Å². The number of aliphatic hydroxyl groups is 1. The lowest BCUT2D eigenvalue weighted by Crippen LogP contribution is -2.30. The van der Waals surface area contributed by atoms with Crippen LogP contribution in [-0.2, 0) is 4.79 Å². The van der Waals surface area contributed by atoms with Gasteiger partial charge in [-0.3, -0.25) is 9.78 Å². The summed E-state index contributed by atoms with van der Waals surface area (Å²) in [6.45, 7) is 2.28. The van der Waals surface area contributed by atoms with E-state index in [4.69, 9.17) is 0 Å². The Kier molecular flexibility index (Phi) is 5.96. The highest BCUT2D eigenvalue weighted by Crippen LogP contribution is 1.96. The number of carbonyl (C=O) groups is 1. The Morgan fingerprint density at radius 3 is 3.06 bits per heavy atom. The molecule has 0 aromatic carbocycles. The topological polar surface area (TPSA) is 62.2 Å². The molecule has 0 aliphatic carbocycles. The van der Waals surface area contributed by atoms with Crippen molar-refractivity contribution in [2.45, 2.75) is 25.9 Å². The third-order valence-corrected chi connectivity index (χ3v) is 2.23. The van der Waals surface area contributed by atoms with Crippen LogP contribution in [-0.4, -0.2) is 28.6 Å². The molecule has 4 nitrogen and oxygen atoms in total. The van der Waals surface area contributed by atoms with Crippen LogP contribution in [0.15, 0.2) is 30.5 Å². The summed E-state index contributed by atoms with van der Waals surface area (Å²) in [5, 5.41) is 12.1. The minimum absolute atomic E-state index is 0.217. The standard InChI is InChI=1S/C13H18N2O2/c1-2-5-12(16)10-15-13(17)8-7-11-6-3-4-9-14-11/h3-4,6-9,12,16H,2,5,10H2,1H3,(H,15,17)/b8-7+. The lowest BCUT2D eigenvalue weighted by atomic mass is 10.2. The average molecular weight is 234 g/mol. The summed E-state index contributed by atoms with van der Waals surface area (Å²) in [5.41, 5.74) is 0.733. The van der Waals surface area contributed by atoms with Gasteiger partial charge >= 0.3 is 0 Å². The monoisotopic (exact) mass is 234 g/mol. The van der Waals surface area contributed by atoms with Gasteiger partial charge in [0.15, 0.2) is 0 Å². The number of nitrogens with one attached hydrogen (secondary N) is 1. The van der Waals surface area contributed by atoms with Crippen molar-refractivity contribution in [3.8, 4) is 0 Å². The molecule has 92 valence electrons. The van der Waals surface area contributed by atoms with Gasteiger partial charge in [-0.05, 0) is 24.6 Å². The Bertz CT molecular complexity index is 363. The van der Waals surface area contributed by atoms with Gasteiger partial charge < -0.3 is 10.4 Å². The van der Waals surface area contributed by atoms with E-state index in [1.54, 1.807) is 12.3 Å². The van der Waals surface area contributed by atoms with Gasteiger partial charge in [-0.15, -0.1) is 0 Å². The van der Waals surface area contributed by atoms with Crippen LogP contribution >= 0.6 is 0 Å². The van der Waals surface area contributed by atoms with Crippen LogP contribution in [0.4, 0.5) is 0 Å². The number of carbonyl (C=O) groups excluding carboxylic acids is 1. The minimum atomic E-state index is -0.466. The molecule has 0 fully saturated rings. The maximum atomic E-state index is 11.4. The molecule has 0 radical (unpaired) electrons. The Hall–Kier alpha value is -1.68. The molecule has 1 amide bonds. The highest BCUT2D eigenvalue weighted by Gasteiger charge is 2.03. The van der Waals surface area contributed by atoms with Gasteiger partial charge in [-0.25, -0.2) is 0 Å². The fourth-order valence-corrected chi connectivity index (χ4v) is 1.35. The number of pyridine rings is 1. The smallest absolute Gasteiger partial charge is 0.244 e. The third kappa shape index (κ3) is 5.82. The molecule has 0 bridgehead atoms. The van der Waals surface area contributed by atoms with Gasteiger partial charge in [0, 0.05) is 18.8 Å². The second kappa shape index (κ2) is 7.57. The first kappa shape index (κ1) is 13.4. The normalized spacial score (nSPS) is 12.6. The van der Waals surface area contributed by atoms with E-state index in [9.17, 15) is 9.90 Å². The zero-order chi connectivity index (χ0) is 12.5. The van der Waals surface area contributed by atoms with Crippen molar-refractivity contribution < 1.29 is 9.90 Å². The third-order valence-electron chi connectivity index (χ3n) is 2.23. The van der Waals surface area contributed by atoms with E-state index in [2.05, 4.69) is 10.3 Å². The number of amides is 1. The average Bonchev–Trinajstić information content (AvgIpc) is 2.35. The maximum Gasteiger partial charge on any atom is 0.244 e. The number of hydrogen-bond acceptors (Lipinski definition) is 3. The van der Waals surface area contributed by atoms with E-state index in [1.807, 2.05) is 25.1 Å². The fourth-order valence-electron chi connectivity index (χ4n) is 1.35. The Morgan fingerprint density at radius 1 is 1.59 bits per heavy atom. The zero-order valence-corrected chi connectivity index (χ0v) is 9.97. The zero-order valence-electron chi connectivity index (χ0n) is 9.97. The van der Waals surface area contributed by atoms with Crippen LogP contribution in [0.2, 0.25) is 0 Å². The van der Waals surface area contributed by atoms with E-state index in [0.717, 1.165) is 12.1 Å². The van der Waals surface area contributed by atoms with Crippen molar-refractivity contribution >= 4 is 12.0 Å². The van der Waals surface area contributed by atoms with Crippen molar-refractivity contribution in [3.05, 3.63) is 36.2 Å². The molecule has 2 N–H and O–H groups in total. The van der Waals surface area contributed by atoms with Crippen LogP contribution < -0.4 is 5.32 Å². The first-order valence-corrected chi connectivity index (χ1v) is 5.77. The molecule has 4 heteroatoms. The van der Waals surface area contributed by atoms with E-state index in [1.165, 1.54) is 6.08 Å². The Labute approximate surface area is 101 Å². The first-order chi connectivity index (χ1) is 8.22. The lowest BCUT2D eigenvalue weighted by Gasteiger charge is -2.08. The predicted molar refractivity (Wildman–Crippen MR) is 67.2 cm³/mol. The maximum absolute atomic E-state index is 11.4. The van der Waals surface area contributed by atoms with Crippen molar-refractivity contribution in [2.24, 2.45) is 0 Å². The summed E-state index contributed by atoms with van der Waals surface area (Å²) in [4.78, 5) is 15.4. The van der Waals surface area contributed by atoms with Gasteiger partial charge in [-0.2, -0.15) is 0 Å². The highest BCUT2D eigenvalue weighted by molar-refractivity contribution is 5.91. The quantitative estimate of drug-likeness (QED) is 0.731.